The van der Waals surface area contributed by atoms with Gasteiger partial charge < -0.3 is 24.8 Å². The SMILES string of the molecule is CCOc1ccc(C2(CNC(=O)C3(COC)CCNCC3)CCOCC2)cc1. The topological polar surface area (TPSA) is 68.8 Å². The van der Waals surface area contributed by atoms with Crippen molar-refractivity contribution in [3.63, 3.8) is 0 Å². The zero-order chi connectivity index (χ0) is 19.9. The molecule has 156 valence electrons. The molecule has 0 bridgehead atoms. The summed E-state index contributed by atoms with van der Waals surface area (Å²) in [6.07, 6.45) is 3.43. The number of carbonyl (C=O) groups excluding carboxylic acids is 1. The van der Waals surface area contributed by atoms with Crippen LogP contribution in [0.4, 0.5) is 0 Å². The van der Waals surface area contributed by atoms with Crippen molar-refractivity contribution in [2.75, 3.05) is 53.2 Å². The molecule has 0 atom stereocenters. The van der Waals surface area contributed by atoms with E-state index in [1.165, 1.54) is 5.56 Å². The van der Waals surface area contributed by atoms with E-state index in [-0.39, 0.29) is 11.3 Å². The third-order valence-electron chi connectivity index (χ3n) is 6.28. The summed E-state index contributed by atoms with van der Waals surface area (Å²) in [6.45, 7) is 6.89. The van der Waals surface area contributed by atoms with E-state index in [4.69, 9.17) is 14.2 Å². The maximum Gasteiger partial charge on any atom is 0.228 e. The molecule has 1 amide bonds. The van der Waals surface area contributed by atoms with Crippen LogP contribution in [0.5, 0.6) is 5.75 Å². The molecule has 2 aliphatic heterocycles. The van der Waals surface area contributed by atoms with Gasteiger partial charge in [0.25, 0.3) is 0 Å². The predicted octanol–water partition coefficient (Wildman–Crippen LogP) is 2.27. The van der Waals surface area contributed by atoms with E-state index in [0.29, 0.717) is 19.8 Å². The lowest BCUT2D eigenvalue weighted by Crippen LogP contribution is -2.53. The van der Waals surface area contributed by atoms with Crippen LogP contribution in [-0.4, -0.2) is 59.1 Å². The quantitative estimate of drug-likeness (QED) is 0.713. The highest BCUT2D eigenvalue weighted by atomic mass is 16.5. The molecule has 0 radical (unpaired) electrons. The molecular formula is C22H34N2O4. The van der Waals surface area contributed by atoms with Gasteiger partial charge in [-0.05, 0) is 63.4 Å². The van der Waals surface area contributed by atoms with Crippen molar-refractivity contribution in [2.24, 2.45) is 5.41 Å². The molecule has 6 heteroatoms. The van der Waals surface area contributed by atoms with Crippen LogP contribution in [0.2, 0.25) is 0 Å². The highest BCUT2D eigenvalue weighted by molar-refractivity contribution is 5.83. The van der Waals surface area contributed by atoms with Crippen LogP contribution in [-0.2, 0) is 19.7 Å². The summed E-state index contributed by atoms with van der Waals surface area (Å²) < 4.78 is 16.6. The summed E-state index contributed by atoms with van der Waals surface area (Å²) in [5.74, 6) is 0.999. The summed E-state index contributed by atoms with van der Waals surface area (Å²) in [4.78, 5) is 13.2. The van der Waals surface area contributed by atoms with Crippen LogP contribution in [0.25, 0.3) is 0 Å². The normalized spacial score (nSPS) is 21.1. The monoisotopic (exact) mass is 390 g/mol. The molecule has 2 heterocycles. The Morgan fingerprint density at radius 1 is 1.14 bits per heavy atom. The minimum Gasteiger partial charge on any atom is -0.494 e. The molecule has 2 N–H and O–H groups in total. The first-order valence-electron chi connectivity index (χ1n) is 10.4. The molecule has 1 aromatic rings. The summed E-state index contributed by atoms with van der Waals surface area (Å²) in [7, 11) is 1.68. The number of benzene rings is 1. The number of hydrogen-bond acceptors (Lipinski definition) is 5. The van der Waals surface area contributed by atoms with Gasteiger partial charge >= 0.3 is 0 Å². The number of amides is 1. The van der Waals surface area contributed by atoms with E-state index >= 15 is 0 Å². The Labute approximate surface area is 168 Å². The van der Waals surface area contributed by atoms with Crippen LogP contribution in [0.15, 0.2) is 24.3 Å². The number of nitrogens with one attached hydrogen (secondary N) is 2. The average molecular weight is 391 g/mol. The first kappa shape index (κ1) is 21.1. The van der Waals surface area contributed by atoms with Crippen LogP contribution >= 0.6 is 0 Å². The maximum atomic E-state index is 13.2. The van der Waals surface area contributed by atoms with Crippen LogP contribution < -0.4 is 15.4 Å². The lowest BCUT2D eigenvalue weighted by Gasteiger charge is -2.40. The van der Waals surface area contributed by atoms with E-state index in [0.717, 1.165) is 57.7 Å². The van der Waals surface area contributed by atoms with Gasteiger partial charge in [-0.3, -0.25) is 4.79 Å². The van der Waals surface area contributed by atoms with Gasteiger partial charge in [0.15, 0.2) is 0 Å². The smallest absolute Gasteiger partial charge is 0.228 e. The molecule has 6 nitrogen and oxygen atoms in total. The Morgan fingerprint density at radius 2 is 1.82 bits per heavy atom. The van der Waals surface area contributed by atoms with Gasteiger partial charge in [0.2, 0.25) is 5.91 Å². The van der Waals surface area contributed by atoms with Gasteiger partial charge in [0.05, 0.1) is 18.6 Å². The fourth-order valence-electron chi connectivity index (χ4n) is 4.46. The zero-order valence-electron chi connectivity index (χ0n) is 17.2. The van der Waals surface area contributed by atoms with Crippen molar-refractivity contribution in [1.29, 1.82) is 0 Å². The van der Waals surface area contributed by atoms with Crippen molar-refractivity contribution in [2.45, 2.75) is 38.0 Å². The Bertz CT molecular complexity index is 614. The summed E-state index contributed by atoms with van der Waals surface area (Å²) in [5.41, 5.74) is 0.719. The molecule has 3 rings (SSSR count). The van der Waals surface area contributed by atoms with Gasteiger partial charge in [-0.1, -0.05) is 12.1 Å². The maximum absolute atomic E-state index is 13.2. The van der Waals surface area contributed by atoms with Crippen molar-refractivity contribution >= 4 is 5.91 Å². The number of piperidine rings is 1. The summed E-state index contributed by atoms with van der Waals surface area (Å²) >= 11 is 0. The van der Waals surface area contributed by atoms with Gasteiger partial charge in [-0.2, -0.15) is 0 Å². The van der Waals surface area contributed by atoms with E-state index in [9.17, 15) is 4.79 Å². The largest absolute Gasteiger partial charge is 0.494 e. The standard InChI is InChI=1S/C22H34N2O4/c1-3-28-19-6-4-18(5-7-19)21(10-14-27-15-11-21)16-24-20(25)22(17-26-2)8-12-23-13-9-22/h4-7,23H,3,8-17H2,1-2H3,(H,24,25). The fourth-order valence-corrected chi connectivity index (χ4v) is 4.46. The highest BCUT2D eigenvalue weighted by Gasteiger charge is 2.41. The van der Waals surface area contributed by atoms with Gasteiger partial charge in [0, 0.05) is 32.3 Å². The summed E-state index contributed by atoms with van der Waals surface area (Å²) in [6, 6.07) is 8.32. The fraction of sp³-hybridized carbons (Fsp3) is 0.682. The van der Waals surface area contributed by atoms with Crippen molar-refractivity contribution < 1.29 is 19.0 Å². The lowest BCUT2D eigenvalue weighted by atomic mass is 9.73. The second kappa shape index (κ2) is 9.72. The van der Waals surface area contributed by atoms with E-state index in [1.807, 2.05) is 19.1 Å². The Hall–Kier alpha value is -1.63. The van der Waals surface area contributed by atoms with Crippen LogP contribution in [0.1, 0.15) is 38.2 Å². The number of methoxy groups -OCH3 is 1. The Kier molecular flexibility index (Phi) is 7.32. The Balaban J connectivity index is 1.74. The number of carbonyl (C=O) groups is 1. The third-order valence-corrected chi connectivity index (χ3v) is 6.28. The van der Waals surface area contributed by atoms with Crippen molar-refractivity contribution in [3.8, 4) is 5.75 Å². The number of rotatable bonds is 8. The molecule has 28 heavy (non-hydrogen) atoms. The molecular weight excluding hydrogens is 356 g/mol. The second-order valence-corrected chi connectivity index (χ2v) is 8.00. The highest BCUT2D eigenvalue weighted by Crippen LogP contribution is 2.36. The summed E-state index contributed by atoms with van der Waals surface area (Å²) in [5, 5.41) is 6.64. The number of ether oxygens (including phenoxy) is 3. The average Bonchev–Trinajstić information content (AvgIpc) is 2.74. The third kappa shape index (κ3) is 4.67. The molecule has 2 fully saturated rings. The van der Waals surface area contributed by atoms with Crippen molar-refractivity contribution in [1.82, 2.24) is 10.6 Å². The number of hydrogen-bond donors (Lipinski definition) is 2. The molecule has 0 spiro atoms. The minimum absolute atomic E-state index is 0.0974. The Morgan fingerprint density at radius 3 is 2.43 bits per heavy atom. The van der Waals surface area contributed by atoms with Gasteiger partial charge in [-0.15, -0.1) is 0 Å². The first-order valence-corrected chi connectivity index (χ1v) is 10.4. The van der Waals surface area contributed by atoms with E-state index in [2.05, 4.69) is 22.8 Å². The first-order chi connectivity index (χ1) is 13.6. The molecule has 2 aliphatic rings. The van der Waals surface area contributed by atoms with Crippen LogP contribution in [0.3, 0.4) is 0 Å². The molecule has 0 saturated carbocycles. The molecule has 2 saturated heterocycles. The lowest BCUT2D eigenvalue weighted by molar-refractivity contribution is -0.136. The minimum atomic E-state index is -0.425. The molecule has 1 aromatic carbocycles. The zero-order valence-corrected chi connectivity index (χ0v) is 17.2. The van der Waals surface area contributed by atoms with E-state index in [1.54, 1.807) is 7.11 Å². The van der Waals surface area contributed by atoms with E-state index < -0.39 is 5.41 Å². The second-order valence-electron chi connectivity index (χ2n) is 8.00. The predicted molar refractivity (Wildman–Crippen MR) is 109 cm³/mol. The molecule has 0 unspecified atom stereocenters. The molecule has 0 aliphatic carbocycles. The molecule has 0 aromatic heterocycles. The van der Waals surface area contributed by atoms with Crippen molar-refractivity contribution in [3.05, 3.63) is 29.8 Å². The van der Waals surface area contributed by atoms with Gasteiger partial charge in [-0.25, -0.2) is 0 Å². The van der Waals surface area contributed by atoms with Crippen LogP contribution in [0, 0.1) is 5.41 Å². The van der Waals surface area contributed by atoms with Gasteiger partial charge in [0.1, 0.15) is 5.75 Å².